The van der Waals surface area contributed by atoms with Crippen LogP contribution >= 0.6 is 0 Å². The van der Waals surface area contributed by atoms with Crippen LogP contribution in [0, 0.1) is 13.8 Å². The maximum Gasteiger partial charge on any atom is 0.161 e. The Morgan fingerprint density at radius 2 is 1.68 bits per heavy atom. The van der Waals surface area contributed by atoms with Crippen molar-refractivity contribution in [3.63, 3.8) is 0 Å². The normalized spacial score (nSPS) is 12.0. The van der Waals surface area contributed by atoms with Crippen LogP contribution in [-0.2, 0) is 5.54 Å². The van der Waals surface area contributed by atoms with Crippen LogP contribution in [0.2, 0.25) is 0 Å². The quantitative estimate of drug-likeness (QED) is 0.736. The van der Waals surface area contributed by atoms with Crippen LogP contribution in [0.5, 0.6) is 0 Å². The minimum atomic E-state index is -0.157. The molecule has 0 unspecified atom stereocenters. The Balaban J connectivity index is 2.39. The lowest BCUT2D eigenvalue weighted by Gasteiger charge is -2.19. The van der Waals surface area contributed by atoms with E-state index in [1.165, 1.54) is 5.56 Å². The van der Waals surface area contributed by atoms with Crippen LogP contribution in [0.3, 0.4) is 0 Å². The van der Waals surface area contributed by atoms with E-state index in [2.05, 4.69) is 56.9 Å². The van der Waals surface area contributed by atoms with Crippen molar-refractivity contribution < 1.29 is 0 Å². The van der Waals surface area contributed by atoms with E-state index in [1.807, 2.05) is 17.8 Å². The van der Waals surface area contributed by atoms with Gasteiger partial charge >= 0.3 is 0 Å². The molecule has 0 aliphatic heterocycles. The van der Waals surface area contributed by atoms with Crippen molar-refractivity contribution in [3.05, 3.63) is 41.6 Å². The van der Waals surface area contributed by atoms with Crippen LogP contribution in [0.1, 0.15) is 31.9 Å². The summed E-state index contributed by atoms with van der Waals surface area (Å²) in [6.45, 7) is 10.4. The third-order valence-corrected chi connectivity index (χ3v) is 3.90. The summed E-state index contributed by atoms with van der Waals surface area (Å²) in [6.07, 6.45) is 1.82. The number of anilines is 1. The highest BCUT2D eigenvalue weighted by Gasteiger charge is 2.23. The van der Waals surface area contributed by atoms with Gasteiger partial charge in [-0.25, -0.2) is 9.67 Å². The molecule has 3 aromatic rings. The second-order valence-corrected chi connectivity index (χ2v) is 6.85. The van der Waals surface area contributed by atoms with Crippen molar-refractivity contribution in [2.24, 2.45) is 0 Å². The van der Waals surface area contributed by atoms with Crippen LogP contribution in [-0.4, -0.2) is 14.8 Å². The second kappa shape index (κ2) is 4.83. The first kappa shape index (κ1) is 14.6. The molecule has 0 fully saturated rings. The van der Waals surface area contributed by atoms with E-state index in [0.29, 0.717) is 0 Å². The van der Waals surface area contributed by atoms with Crippen LogP contribution in [0.25, 0.3) is 22.3 Å². The Labute approximate surface area is 131 Å². The first-order valence-electron chi connectivity index (χ1n) is 7.50. The standard InChI is InChI=1S/C18H22N4/c1-11-6-8-13(9-7-11)16-14-15(19)12(2)10-20-17(14)22(21-16)18(3,4)5/h6-10H,1-5H3,(H2,19,20). The van der Waals surface area contributed by atoms with E-state index in [-0.39, 0.29) is 5.54 Å². The molecule has 0 amide bonds. The maximum atomic E-state index is 6.35. The van der Waals surface area contributed by atoms with Gasteiger partial charge in [0.05, 0.1) is 10.9 Å². The Bertz CT molecular complexity index is 836. The molecule has 0 atom stereocenters. The average molecular weight is 294 g/mol. The van der Waals surface area contributed by atoms with Gasteiger partial charge in [0.15, 0.2) is 5.65 Å². The van der Waals surface area contributed by atoms with Gasteiger partial charge in [-0.3, -0.25) is 0 Å². The van der Waals surface area contributed by atoms with Gasteiger partial charge in [0.2, 0.25) is 0 Å². The number of pyridine rings is 1. The number of benzene rings is 1. The Kier molecular flexibility index (Phi) is 3.20. The summed E-state index contributed by atoms with van der Waals surface area (Å²) in [6, 6.07) is 8.37. The number of nitrogens with zero attached hydrogens (tertiary/aromatic N) is 3. The molecule has 0 spiro atoms. The van der Waals surface area contributed by atoms with Gasteiger partial charge < -0.3 is 5.73 Å². The summed E-state index contributed by atoms with van der Waals surface area (Å²) in [5.41, 5.74) is 12.0. The molecule has 4 heteroatoms. The van der Waals surface area contributed by atoms with E-state index >= 15 is 0 Å². The fraction of sp³-hybridized carbons (Fsp3) is 0.333. The van der Waals surface area contributed by atoms with Crippen molar-refractivity contribution in [1.29, 1.82) is 0 Å². The monoisotopic (exact) mass is 294 g/mol. The molecule has 1 aromatic carbocycles. The molecule has 2 aromatic heterocycles. The summed E-state index contributed by atoms with van der Waals surface area (Å²) in [4.78, 5) is 4.59. The van der Waals surface area contributed by atoms with Gasteiger partial charge in [-0.2, -0.15) is 5.10 Å². The number of fused-ring (bicyclic) bond motifs is 1. The smallest absolute Gasteiger partial charge is 0.161 e. The Hall–Kier alpha value is -2.36. The first-order valence-corrected chi connectivity index (χ1v) is 7.50. The molecular weight excluding hydrogens is 272 g/mol. The predicted octanol–water partition coefficient (Wildman–Crippen LogP) is 4.05. The molecule has 0 aliphatic rings. The molecule has 2 N–H and O–H groups in total. The van der Waals surface area contributed by atoms with E-state index < -0.39 is 0 Å². The van der Waals surface area contributed by atoms with E-state index in [1.54, 1.807) is 0 Å². The molecule has 0 bridgehead atoms. The number of aryl methyl sites for hydroxylation is 2. The molecule has 114 valence electrons. The van der Waals surface area contributed by atoms with Gasteiger partial charge in [0.1, 0.15) is 5.69 Å². The average Bonchev–Trinajstić information content (AvgIpc) is 2.84. The van der Waals surface area contributed by atoms with Crippen molar-refractivity contribution >= 4 is 16.7 Å². The third kappa shape index (κ3) is 2.25. The van der Waals surface area contributed by atoms with Crippen LogP contribution in [0.15, 0.2) is 30.5 Å². The highest BCUT2D eigenvalue weighted by atomic mass is 15.3. The fourth-order valence-electron chi connectivity index (χ4n) is 2.58. The second-order valence-electron chi connectivity index (χ2n) is 6.85. The lowest BCUT2D eigenvalue weighted by Crippen LogP contribution is -2.23. The lowest BCUT2D eigenvalue weighted by molar-refractivity contribution is 0.367. The number of nitrogens with two attached hydrogens (primary N) is 1. The largest absolute Gasteiger partial charge is 0.398 e. The van der Waals surface area contributed by atoms with Gasteiger partial charge in [0.25, 0.3) is 0 Å². The molecule has 0 saturated carbocycles. The zero-order valence-corrected chi connectivity index (χ0v) is 13.8. The summed E-state index contributed by atoms with van der Waals surface area (Å²) in [5, 5.41) is 5.78. The predicted molar refractivity (Wildman–Crippen MR) is 91.8 cm³/mol. The minimum Gasteiger partial charge on any atom is -0.398 e. The lowest BCUT2D eigenvalue weighted by atomic mass is 10.1. The van der Waals surface area contributed by atoms with Gasteiger partial charge in [-0.15, -0.1) is 0 Å². The topological polar surface area (TPSA) is 56.7 Å². The van der Waals surface area contributed by atoms with Gasteiger partial charge in [-0.1, -0.05) is 29.8 Å². The minimum absolute atomic E-state index is 0.157. The number of hydrogen-bond donors (Lipinski definition) is 1. The van der Waals surface area contributed by atoms with E-state index in [0.717, 1.165) is 33.5 Å². The summed E-state index contributed by atoms with van der Waals surface area (Å²) in [7, 11) is 0. The van der Waals surface area contributed by atoms with E-state index in [9.17, 15) is 0 Å². The first-order chi connectivity index (χ1) is 10.3. The number of nitrogen functional groups attached to an aromatic ring is 1. The SMILES string of the molecule is Cc1ccc(-c2nn(C(C)(C)C)c3ncc(C)c(N)c23)cc1. The van der Waals surface area contributed by atoms with Crippen molar-refractivity contribution in [2.75, 3.05) is 5.73 Å². The summed E-state index contributed by atoms with van der Waals surface area (Å²) < 4.78 is 1.97. The highest BCUT2D eigenvalue weighted by Crippen LogP contribution is 2.35. The molecule has 22 heavy (non-hydrogen) atoms. The third-order valence-electron chi connectivity index (χ3n) is 3.90. The number of rotatable bonds is 1. The maximum absolute atomic E-state index is 6.35. The summed E-state index contributed by atoms with van der Waals surface area (Å²) in [5.74, 6) is 0. The zero-order chi connectivity index (χ0) is 16.1. The fourth-order valence-corrected chi connectivity index (χ4v) is 2.58. The molecule has 3 rings (SSSR count). The Morgan fingerprint density at radius 3 is 2.27 bits per heavy atom. The molecule has 0 saturated heterocycles. The van der Waals surface area contributed by atoms with Crippen LogP contribution in [0.4, 0.5) is 5.69 Å². The van der Waals surface area contributed by atoms with Crippen molar-refractivity contribution in [2.45, 2.75) is 40.2 Å². The molecule has 4 nitrogen and oxygen atoms in total. The van der Waals surface area contributed by atoms with Gasteiger partial charge in [0, 0.05) is 17.4 Å². The number of aromatic nitrogens is 3. The van der Waals surface area contributed by atoms with E-state index in [4.69, 9.17) is 10.8 Å². The molecule has 2 heterocycles. The van der Waals surface area contributed by atoms with Crippen molar-refractivity contribution in [3.8, 4) is 11.3 Å². The zero-order valence-electron chi connectivity index (χ0n) is 13.8. The molecule has 0 aliphatic carbocycles. The summed E-state index contributed by atoms with van der Waals surface area (Å²) >= 11 is 0. The van der Waals surface area contributed by atoms with Gasteiger partial charge in [-0.05, 0) is 40.2 Å². The molecule has 0 radical (unpaired) electrons. The number of hydrogen-bond acceptors (Lipinski definition) is 3. The highest BCUT2D eigenvalue weighted by molar-refractivity contribution is 6.00. The Morgan fingerprint density at radius 1 is 1.05 bits per heavy atom. The molecular formula is C18H22N4. The van der Waals surface area contributed by atoms with Crippen LogP contribution < -0.4 is 5.73 Å². The van der Waals surface area contributed by atoms with Crippen molar-refractivity contribution in [1.82, 2.24) is 14.8 Å².